The highest BCUT2D eigenvalue weighted by Crippen LogP contribution is 2.15. The SMILES string of the molecule is C[C@@H](NC(=O)/C=C/c1ccccc1)C(=O)NNC(=O)COc1ccccc1C#N. The van der Waals surface area contributed by atoms with Gasteiger partial charge in [-0.2, -0.15) is 5.26 Å². The van der Waals surface area contributed by atoms with Crippen LogP contribution in [0, 0.1) is 11.3 Å². The molecule has 0 saturated carbocycles. The van der Waals surface area contributed by atoms with Crippen LogP contribution in [0.1, 0.15) is 18.1 Å². The second-order valence-electron chi connectivity index (χ2n) is 5.91. The Balaban J connectivity index is 1.73. The lowest BCUT2D eigenvalue weighted by atomic mass is 10.2. The Morgan fingerprint density at radius 2 is 1.76 bits per heavy atom. The van der Waals surface area contributed by atoms with Gasteiger partial charge in [-0.05, 0) is 30.7 Å². The number of nitriles is 1. The summed E-state index contributed by atoms with van der Waals surface area (Å²) >= 11 is 0. The third-order valence-electron chi connectivity index (χ3n) is 3.67. The molecule has 0 aromatic heterocycles. The number of hydrazine groups is 1. The zero-order valence-corrected chi connectivity index (χ0v) is 15.7. The minimum atomic E-state index is -0.872. The highest BCUT2D eigenvalue weighted by molar-refractivity contribution is 5.95. The summed E-state index contributed by atoms with van der Waals surface area (Å²) in [5.74, 6) is -1.40. The molecular formula is C21H20N4O4. The van der Waals surface area contributed by atoms with Gasteiger partial charge in [0.25, 0.3) is 11.8 Å². The van der Waals surface area contributed by atoms with Crippen LogP contribution in [-0.4, -0.2) is 30.4 Å². The van der Waals surface area contributed by atoms with Crippen molar-refractivity contribution in [3.05, 3.63) is 71.8 Å². The number of benzene rings is 2. The van der Waals surface area contributed by atoms with Crippen LogP contribution in [-0.2, 0) is 14.4 Å². The Bertz CT molecular complexity index is 935. The van der Waals surface area contributed by atoms with Crippen molar-refractivity contribution in [2.75, 3.05) is 6.61 Å². The van der Waals surface area contributed by atoms with E-state index in [0.29, 0.717) is 5.56 Å². The van der Waals surface area contributed by atoms with Gasteiger partial charge in [0.15, 0.2) is 6.61 Å². The van der Waals surface area contributed by atoms with Gasteiger partial charge >= 0.3 is 0 Å². The highest BCUT2D eigenvalue weighted by atomic mass is 16.5. The van der Waals surface area contributed by atoms with Crippen LogP contribution in [0.15, 0.2) is 60.7 Å². The van der Waals surface area contributed by atoms with Crippen molar-refractivity contribution in [2.24, 2.45) is 0 Å². The number of ether oxygens (including phenoxy) is 1. The highest BCUT2D eigenvalue weighted by Gasteiger charge is 2.15. The summed E-state index contributed by atoms with van der Waals surface area (Å²) in [5.41, 5.74) is 5.54. The van der Waals surface area contributed by atoms with Gasteiger partial charge in [-0.15, -0.1) is 0 Å². The molecule has 0 bridgehead atoms. The number of nitrogens with zero attached hydrogens (tertiary/aromatic N) is 1. The van der Waals surface area contributed by atoms with Gasteiger partial charge in [-0.25, -0.2) is 0 Å². The summed E-state index contributed by atoms with van der Waals surface area (Å²) in [6, 6.07) is 16.8. The lowest BCUT2D eigenvalue weighted by molar-refractivity contribution is -0.131. The standard InChI is InChI=1S/C21H20N4O4/c1-15(23-19(26)12-11-16-7-3-2-4-8-16)21(28)25-24-20(27)14-29-18-10-6-5-9-17(18)13-22/h2-12,15H,14H2,1H3,(H,23,26)(H,24,27)(H,25,28)/b12-11+/t15-/m1/s1. The Morgan fingerprint density at radius 3 is 2.48 bits per heavy atom. The van der Waals surface area contributed by atoms with Gasteiger partial charge < -0.3 is 10.1 Å². The fourth-order valence-corrected chi connectivity index (χ4v) is 2.17. The number of amides is 3. The number of carbonyl (C=O) groups excluding carboxylic acids is 3. The van der Waals surface area contributed by atoms with Crippen LogP contribution < -0.4 is 20.9 Å². The summed E-state index contributed by atoms with van der Waals surface area (Å²) in [5, 5.41) is 11.5. The molecule has 2 aromatic carbocycles. The minimum Gasteiger partial charge on any atom is -0.482 e. The van der Waals surface area contributed by atoms with Crippen molar-refractivity contribution in [1.82, 2.24) is 16.2 Å². The first-order chi connectivity index (χ1) is 14.0. The van der Waals surface area contributed by atoms with Gasteiger partial charge in [0.05, 0.1) is 5.56 Å². The minimum absolute atomic E-state index is 0.266. The molecular weight excluding hydrogens is 372 g/mol. The maximum atomic E-state index is 12.0. The van der Waals surface area contributed by atoms with E-state index >= 15 is 0 Å². The van der Waals surface area contributed by atoms with Crippen molar-refractivity contribution in [3.8, 4) is 11.8 Å². The van der Waals surface area contributed by atoms with Crippen molar-refractivity contribution in [2.45, 2.75) is 13.0 Å². The average Bonchev–Trinajstić information content (AvgIpc) is 2.75. The first-order valence-corrected chi connectivity index (χ1v) is 8.74. The molecule has 3 amide bonds. The van der Waals surface area contributed by atoms with E-state index in [9.17, 15) is 14.4 Å². The molecule has 148 valence electrons. The number of nitrogens with one attached hydrogen (secondary N) is 3. The average molecular weight is 392 g/mol. The first-order valence-electron chi connectivity index (χ1n) is 8.74. The zero-order chi connectivity index (χ0) is 21.1. The molecule has 0 aliphatic carbocycles. The Morgan fingerprint density at radius 1 is 1.07 bits per heavy atom. The third kappa shape index (κ3) is 7.19. The van der Waals surface area contributed by atoms with E-state index in [0.717, 1.165) is 5.56 Å². The molecule has 0 aliphatic rings. The largest absolute Gasteiger partial charge is 0.482 e. The number of hydrogen-bond acceptors (Lipinski definition) is 5. The molecule has 8 nitrogen and oxygen atoms in total. The lowest BCUT2D eigenvalue weighted by Crippen LogP contribution is -2.51. The lowest BCUT2D eigenvalue weighted by Gasteiger charge is -2.14. The topological polar surface area (TPSA) is 120 Å². The molecule has 0 heterocycles. The van der Waals surface area contributed by atoms with Gasteiger partial charge in [-0.1, -0.05) is 42.5 Å². The second kappa shape index (κ2) is 10.9. The smallest absolute Gasteiger partial charge is 0.276 e. The van der Waals surface area contributed by atoms with E-state index in [4.69, 9.17) is 10.00 Å². The number of hydrogen-bond donors (Lipinski definition) is 3. The van der Waals surface area contributed by atoms with Crippen molar-refractivity contribution in [1.29, 1.82) is 5.26 Å². The van der Waals surface area contributed by atoms with E-state index in [1.165, 1.54) is 13.0 Å². The van der Waals surface area contributed by atoms with E-state index in [1.54, 1.807) is 30.3 Å². The van der Waals surface area contributed by atoms with Crippen LogP contribution in [0.5, 0.6) is 5.75 Å². The normalized spacial score (nSPS) is 11.2. The van der Waals surface area contributed by atoms with E-state index < -0.39 is 23.8 Å². The van der Waals surface area contributed by atoms with Crippen LogP contribution in [0.3, 0.4) is 0 Å². The molecule has 0 unspecified atom stereocenters. The maximum absolute atomic E-state index is 12.0. The summed E-state index contributed by atoms with van der Waals surface area (Å²) in [4.78, 5) is 35.7. The first kappa shape index (κ1) is 21.2. The molecule has 0 saturated heterocycles. The number of para-hydroxylation sites is 1. The van der Waals surface area contributed by atoms with Gasteiger partial charge in [0.1, 0.15) is 17.9 Å². The van der Waals surface area contributed by atoms with Crippen LogP contribution >= 0.6 is 0 Å². The summed E-state index contributed by atoms with van der Waals surface area (Å²) in [7, 11) is 0. The third-order valence-corrected chi connectivity index (χ3v) is 3.67. The van der Waals surface area contributed by atoms with Crippen molar-refractivity contribution >= 4 is 23.8 Å². The molecule has 0 fully saturated rings. The summed E-state index contributed by atoms with van der Waals surface area (Å²) in [6.07, 6.45) is 2.94. The molecule has 3 N–H and O–H groups in total. The van der Waals surface area contributed by atoms with Gasteiger partial charge in [0.2, 0.25) is 5.91 Å². The molecule has 8 heteroatoms. The van der Waals surface area contributed by atoms with Crippen molar-refractivity contribution < 1.29 is 19.1 Å². The molecule has 0 spiro atoms. The predicted octanol–water partition coefficient (Wildman–Crippen LogP) is 1.30. The number of rotatable bonds is 7. The maximum Gasteiger partial charge on any atom is 0.276 e. The van der Waals surface area contributed by atoms with E-state index in [2.05, 4.69) is 16.2 Å². The fourth-order valence-electron chi connectivity index (χ4n) is 2.17. The van der Waals surface area contributed by atoms with Gasteiger partial charge in [0, 0.05) is 6.08 Å². The van der Waals surface area contributed by atoms with E-state index in [-0.39, 0.29) is 12.4 Å². The van der Waals surface area contributed by atoms with Crippen molar-refractivity contribution in [3.63, 3.8) is 0 Å². The monoisotopic (exact) mass is 392 g/mol. The van der Waals surface area contributed by atoms with Crippen LogP contribution in [0.2, 0.25) is 0 Å². The predicted molar refractivity (Wildman–Crippen MR) is 106 cm³/mol. The molecule has 0 aliphatic heterocycles. The Kier molecular flexibility index (Phi) is 7.96. The molecule has 2 rings (SSSR count). The van der Waals surface area contributed by atoms with Crippen LogP contribution in [0.4, 0.5) is 0 Å². The van der Waals surface area contributed by atoms with E-state index in [1.807, 2.05) is 36.4 Å². The zero-order valence-electron chi connectivity index (χ0n) is 15.7. The molecule has 1 atom stereocenters. The van der Waals surface area contributed by atoms with Crippen LogP contribution in [0.25, 0.3) is 6.08 Å². The quantitative estimate of drug-likeness (QED) is 0.485. The van der Waals surface area contributed by atoms with Gasteiger partial charge in [-0.3, -0.25) is 25.2 Å². The molecule has 2 aromatic rings. The molecule has 0 radical (unpaired) electrons. The Labute approximate surface area is 168 Å². The number of carbonyl (C=O) groups is 3. The second-order valence-corrected chi connectivity index (χ2v) is 5.91. The molecule has 29 heavy (non-hydrogen) atoms. The fraction of sp³-hybridized carbons (Fsp3) is 0.143. The summed E-state index contributed by atoms with van der Waals surface area (Å²) in [6.45, 7) is 1.09. The summed E-state index contributed by atoms with van der Waals surface area (Å²) < 4.78 is 5.26. The Hall–Kier alpha value is -4.12.